The monoisotopic (exact) mass is 221 g/mol. The number of hydrogen-bond acceptors (Lipinski definition) is 4. The lowest BCUT2D eigenvalue weighted by Gasteiger charge is -2.14. The van der Waals surface area contributed by atoms with Gasteiger partial charge in [-0.3, -0.25) is 0 Å². The predicted molar refractivity (Wildman–Crippen MR) is 54.0 cm³/mol. The molecule has 0 aliphatic rings. The first-order valence-corrected chi connectivity index (χ1v) is 5.16. The van der Waals surface area contributed by atoms with Crippen molar-refractivity contribution >= 4 is 22.9 Å². The lowest BCUT2D eigenvalue weighted by molar-refractivity contribution is 0.0171. The van der Waals surface area contributed by atoms with Gasteiger partial charge in [0.15, 0.2) is 0 Å². The first-order chi connectivity index (χ1) is 6.15. The zero-order chi connectivity index (χ0) is 9.84. The predicted octanol–water partition coefficient (Wildman–Crippen LogP) is 1.14. The smallest absolute Gasteiger partial charge is 0.114 e. The Morgan fingerprint density at radius 2 is 2.15 bits per heavy atom. The fourth-order valence-corrected chi connectivity index (χ4v) is 2.11. The van der Waals surface area contributed by atoms with Gasteiger partial charge in [-0.05, 0) is 25.1 Å². The van der Waals surface area contributed by atoms with Crippen LogP contribution in [0.2, 0.25) is 4.34 Å². The van der Waals surface area contributed by atoms with E-state index in [2.05, 4.69) is 0 Å². The van der Waals surface area contributed by atoms with Crippen molar-refractivity contribution in [2.75, 3.05) is 6.54 Å². The van der Waals surface area contributed by atoms with E-state index in [1.54, 1.807) is 12.1 Å². The van der Waals surface area contributed by atoms with E-state index in [1.807, 2.05) is 0 Å². The fraction of sp³-hybridized carbons (Fsp3) is 0.500. The molecule has 0 saturated carbocycles. The summed E-state index contributed by atoms with van der Waals surface area (Å²) in [6.45, 7) is 0.358. The van der Waals surface area contributed by atoms with Crippen LogP contribution in [0.5, 0.6) is 0 Å². The van der Waals surface area contributed by atoms with Gasteiger partial charge in [-0.25, -0.2) is 0 Å². The Morgan fingerprint density at radius 1 is 1.46 bits per heavy atom. The quantitative estimate of drug-likeness (QED) is 0.715. The highest BCUT2D eigenvalue weighted by molar-refractivity contribution is 7.16. The molecule has 1 rings (SSSR count). The molecule has 0 amide bonds. The number of thiophene rings is 1. The van der Waals surface area contributed by atoms with Gasteiger partial charge in [0.2, 0.25) is 0 Å². The summed E-state index contributed by atoms with van der Waals surface area (Å²) in [5, 5.41) is 19.0. The Hall–Kier alpha value is -0.130. The standard InChI is InChI=1S/C8H12ClNO2S/c9-7-2-1-6(13-7)8(12)5(11)3-4-10/h1-2,5,8,11-12H,3-4,10H2. The van der Waals surface area contributed by atoms with E-state index >= 15 is 0 Å². The maximum Gasteiger partial charge on any atom is 0.114 e. The summed E-state index contributed by atoms with van der Waals surface area (Å²) in [7, 11) is 0. The van der Waals surface area contributed by atoms with Crippen LogP contribution in [0.4, 0.5) is 0 Å². The third kappa shape index (κ3) is 2.93. The zero-order valence-corrected chi connectivity index (χ0v) is 8.55. The van der Waals surface area contributed by atoms with E-state index in [-0.39, 0.29) is 0 Å². The molecular weight excluding hydrogens is 210 g/mol. The highest BCUT2D eigenvalue weighted by atomic mass is 35.5. The molecule has 13 heavy (non-hydrogen) atoms. The van der Waals surface area contributed by atoms with Crippen LogP contribution in [0.1, 0.15) is 17.4 Å². The molecule has 0 spiro atoms. The number of nitrogens with two attached hydrogens (primary N) is 1. The molecule has 3 nitrogen and oxygen atoms in total. The Morgan fingerprint density at radius 3 is 2.62 bits per heavy atom. The van der Waals surface area contributed by atoms with Crippen molar-refractivity contribution in [3.8, 4) is 0 Å². The second-order valence-corrected chi connectivity index (χ2v) is 4.48. The molecule has 0 saturated heterocycles. The molecule has 2 unspecified atom stereocenters. The van der Waals surface area contributed by atoms with E-state index in [0.29, 0.717) is 22.2 Å². The van der Waals surface area contributed by atoms with Gasteiger partial charge in [-0.1, -0.05) is 11.6 Å². The number of rotatable bonds is 4. The molecule has 0 aliphatic heterocycles. The Kier molecular flexibility index (Phi) is 4.15. The molecule has 0 aliphatic carbocycles. The van der Waals surface area contributed by atoms with Gasteiger partial charge in [-0.2, -0.15) is 0 Å². The van der Waals surface area contributed by atoms with Gasteiger partial charge >= 0.3 is 0 Å². The minimum Gasteiger partial charge on any atom is -0.390 e. The van der Waals surface area contributed by atoms with Crippen LogP contribution >= 0.6 is 22.9 Å². The van der Waals surface area contributed by atoms with Crippen LogP contribution in [0.15, 0.2) is 12.1 Å². The number of aliphatic hydroxyl groups is 2. The lowest BCUT2D eigenvalue weighted by atomic mass is 10.1. The van der Waals surface area contributed by atoms with Gasteiger partial charge < -0.3 is 15.9 Å². The maximum atomic E-state index is 9.58. The zero-order valence-electron chi connectivity index (χ0n) is 6.98. The molecule has 1 aromatic rings. The van der Waals surface area contributed by atoms with Crippen LogP contribution < -0.4 is 5.73 Å². The van der Waals surface area contributed by atoms with E-state index in [0.717, 1.165) is 0 Å². The highest BCUT2D eigenvalue weighted by Crippen LogP contribution is 2.29. The van der Waals surface area contributed by atoms with Gasteiger partial charge in [0.1, 0.15) is 6.10 Å². The second-order valence-electron chi connectivity index (χ2n) is 2.73. The van der Waals surface area contributed by atoms with Crippen molar-refractivity contribution in [3.63, 3.8) is 0 Å². The molecule has 0 fully saturated rings. The third-order valence-corrected chi connectivity index (χ3v) is 3.01. The van der Waals surface area contributed by atoms with E-state index in [4.69, 9.17) is 17.3 Å². The topological polar surface area (TPSA) is 66.5 Å². The van der Waals surface area contributed by atoms with Crippen molar-refractivity contribution in [3.05, 3.63) is 21.3 Å². The molecule has 0 bridgehead atoms. The summed E-state index contributed by atoms with van der Waals surface area (Å²) in [6.07, 6.45) is -1.29. The van der Waals surface area contributed by atoms with Crippen molar-refractivity contribution in [1.82, 2.24) is 0 Å². The molecule has 74 valence electrons. The van der Waals surface area contributed by atoms with Crippen molar-refractivity contribution < 1.29 is 10.2 Å². The van der Waals surface area contributed by atoms with Crippen molar-refractivity contribution in [2.45, 2.75) is 18.6 Å². The summed E-state index contributed by atoms with van der Waals surface area (Å²) < 4.78 is 0.606. The molecule has 4 N–H and O–H groups in total. The lowest BCUT2D eigenvalue weighted by Crippen LogP contribution is -2.20. The Bertz CT molecular complexity index is 266. The van der Waals surface area contributed by atoms with Crippen molar-refractivity contribution in [2.24, 2.45) is 5.73 Å². The Balaban J connectivity index is 2.61. The number of aliphatic hydroxyl groups excluding tert-OH is 2. The fourth-order valence-electron chi connectivity index (χ4n) is 1.01. The first kappa shape index (κ1) is 10.9. The molecule has 0 radical (unpaired) electrons. The van der Waals surface area contributed by atoms with E-state index in [1.165, 1.54) is 11.3 Å². The van der Waals surface area contributed by atoms with E-state index in [9.17, 15) is 10.2 Å². The second kappa shape index (κ2) is 4.93. The average Bonchev–Trinajstić information content (AvgIpc) is 2.51. The Labute approximate surface area is 85.8 Å². The summed E-state index contributed by atoms with van der Waals surface area (Å²) >= 11 is 6.95. The summed E-state index contributed by atoms with van der Waals surface area (Å²) in [5.41, 5.74) is 5.26. The highest BCUT2D eigenvalue weighted by Gasteiger charge is 2.18. The largest absolute Gasteiger partial charge is 0.390 e. The summed E-state index contributed by atoms with van der Waals surface area (Å²) in [5.74, 6) is 0. The van der Waals surface area contributed by atoms with Gasteiger partial charge in [0.05, 0.1) is 10.4 Å². The summed E-state index contributed by atoms with van der Waals surface area (Å²) in [4.78, 5) is 0.672. The van der Waals surface area contributed by atoms with Crippen LogP contribution in [-0.2, 0) is 0 Å². The molecular formula is C8H12ClNO2S. The minimum absolute atomic E-state index is 0.358. The van der Waals surface area contributed by atoms with Gasteiger partial charge in [-0.15, -0.1) is 11.3 Å². The van der Waals surface area contributed by atoms with Crippen LogP contribution in [0, 0.1) is 0 Å². The average molecular weight is 222 g/mol. The first-order valence-electron chi connectivity index (χ1n) is 3.96. The molecule has 1 heterocycles. The summed E-state index contributed by atoms with van der Waals surface area (Å²) in [6, 6.07) is 3.40. The minimum atomic E-state index is -0.874. The number of hydrogen-bond donors (Lipinski definition) is 3. The van der Waals surface area contributed by atoms with Gasteiger partial charge in [0, 0.05) is 4.88 Å². The van der Waals surface area contributed by atoms with Crippen LogP contribution in [0.3, 0.4) is 0 Å². The maximum absolute atomic E-state index is 9.58. The van der Waals surface area contributed by atoms with Gasteiger partial charge in [0.25, 0.3) is 0 Å². The third-order valence-electron chi connectivity index (χ3n) is 1.71. The molecule has 1 aromatic heterocycles. The van der Waals surface area contributed by atoms with Crippen LogP contribution in [-0.4, -0.2) is 22.9 Å². The van der Waals surface area contributed by atoms with E-state index < -0.39 is 12.2 Å². The normalized spacial score (nSPS) is 15.7. The van der Waals surface area contributed by atoms with Crippen LogP contribution in [0.25, 0.3) is 0 Å². The van der Waals surface area contributed by atoms with Crippen molar-refractivity contribution in [1.29, 1.82) is 0 Å². The number of halogens is 1. The molecule has 2 atom stereocenters. The SMILES string of the molecule is NCCC(O)C(O)c1ccc(Cl)s1. The molecule has 0 aromatic carbocycles. The molecule has 5 heteroatoms.